The average molecular weight is 380 g/mol. The Morgan fingerprint density at radius 1 is 1.27 bits per heavy atom. The molecule has 0 spiro atoms. The van der Waals surface area contributed by atoms with Crippen molar-refractivity contribution in [1.29, 1.82) is 0 Å². The number of carboxylic acids is 1. The molecule has 1 aromatic rings. The number of carbonyl (C=O) groups is 3. The molecule has 2 amide bonds. The molecule has 2 aliphatic heterocycles. The van der Waals surface area contributed by atoms with Gasteiger partial charge in [-0.05, 0) is 19.1 Å². The smallest absolute Gasteiger partial charge is 0.330 e. The Hall–Kier alpha value is -2.42. The van der Waals surface area contributed by atoms with Crippen LogP contribution in [0.3, 0.4) is 0 Å². The molecule has 0 saturated carbocycles. The summed E-state index contributed by atoms with van der Waals surface area (Å²) in [5, 5.41) is 11.5. The highest BCUT2D eigenvalue weighted by atomic mass is 32.2. The number of carbonyl (C=O) groups excluding carboxylic acids is 2. The lowest BCUT2D eigenvalue weighted by Gasteiger charge is -2.47. The van der Waals surface area contributed by atoms with E-state index in [1.807, 2.05) is 0 Å². The summed E-state index contributed by atoms with van der Waals surface area (Å²) >= 11 is 1.37. The number of fused-ring (bicyclic) bond motifs is 1. The van der Waals surface area contributed by atoms with Crippen LogP contribution in [0.5, 0.6) is 11.5 Å². The van der Waals surface area contributed by atoms with E-state index in [0.29, 0.717) is 11.5 Å². The summed E-state index contributed by atoms with van der Waals surface area (Å²) in [4.78, 5) is 38.3. The molecule has 4 atom stereocenters. The molecule has 2 saturated heterocycles. The van der Waals surface area contributed by atoms with Gasteiger partial charge in [0.1, 0.15) is 34.0 Å². The van der Waals surface area contributed by atoms with Crippen LogP contribution >= 0.6 is 11.8 Å². The number of β-lactam (4-membered cyclic amide) rings is 1. The minimum atomic E-state index is -1.28. The summed E-state index contributed by atoms with van der Waals surface area (Å²) in [5.74, 6) is -1.31. The molecule has 0 aromatic heterocycles. The number of ether oxygens (including phenoxy) is 2. The van der Waals surface area contributed by atoms with Crippen molar-refractivity contribution >= 4 is 29.5 Å². The number of amides is 2. The number of carboxylic acid groups (broad SMARTS) is 1. The third kappa shape index (κ3) is 2.41. The standard InChI is InChI=1S/C17H20N2O6S/c1-8-17(2,16(22)23)19-14(21)12(15(19)26-8)18-13(20)11-9(24-3)6-5-7-10(11)25-4/h5-8,12,15H,1-4H3,(H,18,20)(H,22,23). The van der Waals surface area contributed by atoms with Gasteiger partial charge in [-0.15, -0.1) is 11.8 Å². The highest BCUT2D eigenvalue weighted by Crippen LogP contribution is 2.50. The molecular formula is C17H20N2O6S. The third-order valence-corrected chi connectivity index (χ3v) is 6.68. The lowest BCUT2D eigenvalue weighted by molar-refractivity contribution is -0.167. The molecule has 140 valence electrons. The Balaban J connectivity index is 1.84. The first-order chi connectivity index (χ1) is 12.3. The Morgan fingerprint density at radius 2 is 1.85 bits per heavy atom. The maximum absolute atomic E-state index is 12.8. The van der Waals surface area contributed by atoms with Crippen LogP contribution in [0.1, 0.15) is 24.2 Å². The lowest BCUT2D eigenvalue weighted by Crippen LogP contribution is -2.73. The van der Waals surface area contributed by atoms with Gasteiger partial charge in [-0.2, -0.15) is 0 Å². The molecule has 8 nitrogen and oxygen atoms in total. The van der Waals surface area contributed by atoms with E-state index in [4.69, 9.17) is 9.47 Å². The van der Waals surface area contributed by atoms with E-state index >= 15 is 0 Å². The first-order valence-corrected chi connectivity index (χ1v) is 8.95. The third-order valence-electron chi connectivity index (χ3n) is 5.05. The second kappa shape index (κ2) is 6.39. The number of hydrogen-bond donors (Lipinski definition) is 2. The quantitative estimate of drug-likeness (QED) is 0.733. The van der Waals surface area contributed by atoms with Crippen LogP contribution in [0.25, 0.3) is 0 Å². The molecular weight excluding hydrogens is 360 g/mol. The maximum Gasteiger partial charge on any atom is 0.330 e. The fourth-order valence-corrected chi connectivity index (χ4v) is 5.02. The van der Waals surface area contributed by atoms with Gasteiger partial charge in [-0.1, -0.05) is 13.0 Å². The van der Waals surface area contributed by atoms with Crippen molar-refractivity contribution < 1.29 is 29.0 Å². The fraction of sp³-hybridized carbons (Fsp3) is 0.471. The number of aliphatic carboxylic acids is 1. The van der Waals surface area contributed by atoms with Gasteiger partial charge in [-0.25, -0.2) is 4.79 Å². The van der Waals surface area contributed by atoms with Gasteiger partial charge in [0, 0.05) is 5.25 Å². The summed E-state index contributed by atoms with van der Waals surface area (Å²) in [6.45, 7) is 3.30. The zero-order valence-corrected chi connectivity index (χ0v) is 15.6. The number of methoxy groups -OCH3 is 2. The van der Waals surface area contributed by atoms with Gasteiger partial charge in [0.15, 0.2) is 0 Å². The normalized spacial score (nSPS) is 29.6. The second-order valence-electron chi connectivity index (χ2n) is 6.32. The summed E-state index contributed by atoms with van der Waals surface area (Å²) in [6, 6.07) is 4.16. The Morgan fingerprint density at radius 3 is 2.35 bits per heavy atom. The van der Waals surface area contributed by atoms with Crippen LogP contribution in [0.2, 0.25) is 0 Å². The molecule has 26 heavy (non-hydrogen) atoms. The van der Waals surface area contributed by atoms with Gasteiger partial charge in [0.05, 0.1) is 14.2 Å². The second-order valence-corrected chi connectivity index (χ2v) is 7.78. The van der Waals surface area contributed by atoms with Crippen molar-refractivity contribution in [2.75, 3.05) is 14.2 Å². The number of thioether (sulfide) groups is 1. The van der Waals surface area contributed by atoms with Gasteiger partial charge in [0.25, 0.3) is 5.91 Å². The van der Waals surface area contributed by atoms with Crippen molar-refractivity contribution in [3.8, 4) is 11.5 Å². The van der Waals surface area contributed by atoms with Crippen LogP contribution < -0.4 is 14.8 Å². The van der Waals surface area contributed by atoms with Crippen molar-refractivity contribution in [3.05, 3.63) is 23.8 Å². The molecule has 0 aliphatic carbocycles. The first kappa shape index (κ1) is 18.4. The summed E-state index contributed by atoms with van der Waals surface area (Å²) in [7, 11) is 2.88. The van der Waals surface area contributed by atoms with Crippen LogP contribution in [-0.2, 0) is 9.59 Å². The molecule has 3 rings (SSSR count). The van der Waals surface area contributed by atoms with Crippen LogP contribution in [-0.4, -0.2) is 64.2 Å². The summed E-state index contributed by atoms with van der Waals surface area (Å²) in [6.07, 6.45) is 0. The van der Waals surface area contributed by atoms with E-state index < -0.39 is 34.7 Å². The van der Waals surface area contributed by atoms with E-state index in [2.05, 4.69) is 5.32 Å². The SMILES string of the molecule is COc1cccc(OC)c1C(=O)NC1C(=O)N2C1SC(C)C2(C)C(=O)O. The molecule has 1 aromatic carbocycles. The molecule has 2 heterocycles. The van der Waals surface area contributed by atoms with Crippen molar-refractivity contribution in [3.63, 3.8) is 0 Å². The molecule has 9 heteroatoms. The predicted octanol–water partition coefficient (Wildman–Crippen LogP) is 0.949. The van der Waals surface area contributed by atoms with E-state index in [1.165, 1.54) is 37.8 Å². The number of nitrogens with one attached hydrogen (secondary N) is 1. The summed E-state index contributed by atoms with van der Waals surface area (Å²) < 4.78 is 10.4. The number of nitrogens with zero attached hydrogens (tertiary/aromatic N) is 1. The molecule has 2 fully saturated rings. The number of rotatable bonds is 5. The lowest BCUT2D eigenvalue weighted by atomic mass is 9.90. The van der Waals surface area contributed by atoms with Gasteiger partial charge >= 0.3 is 5.97 Å². The van der Waals surface area contributed by atoms with Gasteiger partial charge in [0.2, 0.25) is 5.91 Å². The van der Waals surface area contributed by atoms with Crippen LogP contribution in [0.4, 0.5) is 0 Å². The zero-order valence-electron chi connectivity index (χ0n) is 14.8. The molecule has 4 unspecified atom stereocenters. The van der Waals surface area contributed by atoms with Gasteiger partial charge in [-0.3, -0.25) is 9.59 Å². The van der Waals surface area contributed by atoms with Crippen molar-refractivity contribution in [2.24, 2.45) is 0 Å². The van der Waals surface area contributed by atoms with E-state index in [0.717, 1.165) is 0 Å². The molecule has 0 radical (unpaired) electrons. The fourth-order valence-electron chi connectivity index (χ4n) is 3.33. The van der Waals surface area contributed by atoms with Crippen LogP contribution in [0.15, 0.2) is 18.2 Å². The summed E-state index contributed by atoms with van der Waals surface area (Å²) in [5.41, 5.74) is -1.09. The maximum atomic E-state index is 12.8. The Bertz CT molecular complexity index is 762. The monoisotopic (exact) mass is 380 g/mol. The largest absolute Gasteiger partial charge is 0.496 e. The Kier molecular flexibility index (Phi) is 4.51. The highest BCUT2D eigenvalue weighted by Gasteiger charge is 2.66. The first-order valence-electron chi connectivity index (χ1n) is 8.01. The number of benzene rings is 1. The molecule has 2 N–H and O–H groups in total. The van der Waals surface area contributed by atoms with E-state index in [9.17, 15) is 19.5 Å². The minimum Gasteiger partial charge on any atom is -0.496 e. The minimum absolute atomic E-state index is 0.195. The number of hydrogen-bond acceptors (Lipinski definition) is 6. The van der Waals surface area contributed by atoms with Crippen LogP contribution in [0, 0.1) is 0 Å². The van der Waals surface area contributed by atoms with E-state index in [-0.39, 0.29) is 10.8 Å². The highest BCUT2D eigenvalue weighted by molar-refractivity contribution is 8.01. The van der Waals surface area contributed by atoms with Gasteiger partial charge < -0.3 is 24.8 Å². The Labute approximate surface area is 154 Å². The van der Waals surface area contributed by atoms with E-state index in [1.54, 1.807) is 25.1 Å². The van der Waals surface area contributed by atoms with Crippen molar-refractivity contribution in [1.82, 2.24) is 10.2 Å². The predicted molar refractivity (Wildman–Crippen MR) is 94.5 cm³/mol. The average Bonchev–Trinajstić information content (AvgIpc) is 2.87. The topological polar surface area (TPSA) is 105 Å². The molecule has 2 aliphatic rings. The van der Waals surface area contributed by atoms with Crippen molar-refractivity contribution in [2.45, 2.75) is 36.1 Å². The molecule has 0 bridgehead atoms. The zero-order chi connectivity index (χ0) is 19.2.